The Morgan fingerprint density at radius 2 is 1.84 bits per heavy atom. The Bertz CT molecular complexity index is 1040. The second-order valence-electron chi connectivity index (χ2n) is 8.00. The number of thioether (sulfide) groups is 1. The van der Waals surface area contributed by atoms with E-state index in [1.165, 1.54) is 0 Å². The average molecular weight is 435 g/mol. The quantitative estimate of drug-likeness (QED) is 0.668. The molecule has 1 aliphatic heterocycles. The van der Waals surface area contributed by atoms with Gasteiger partial charge in [0.25, 0.3) is 0 Å². The highest BCUT2D eigenvalue weighted by atomic mass is 32.2. The van der Waals surface area contributed by atoms with E-state index in [1.807, 2.05) is 44.2 Å². The van der Waals surface area contributed by atoms with Crippen LogP contribution in [0.1, 0.15) is 54.2 Å². The number of hydrogen-bond acceptors (Lipinski definition) is 7. The number of carbonyl (C=O) groups is 1. The van der Waals surface area contributed by atoms with Crippen molar-refractivity contribution in [3.63, 3.8) is 0 Å². The maximum atomic E-state index is 12.3. The topological polar surface area (TPSA) is 133 Å². The molecule has 0 bridgehead atoms. The number of nitriles is 2. The van der Waals surface area contributed by atoms with Crippen LogP contribution < -0.4 is 16.4 Å². The molecule has 2 heterocycles. The van der Waals surface area contributed by atoms with Crippen molar-refractivity contribution in [2.24, 2.45) is 11.5 Å². The Labute approximate surface area is 187 Å². The minimum atomic E-state index is -0.694. The summed E-state index contributed by atoms with van der Waals surface area (Å²) in [5.41, 5.74) is 13.9. The van der Waals surface area contributed by atoms with Gasteiger partial charge in [-0.1, -0.05) is 49.0 Å². The predicted molar refractivity (Wildman–Crippen MR) is 121 cm³/mol. The number of pyridine rings is 1. The highest BCUT2D eigenvalue weighted by Crippen LogP contribution is 2.40. The van der Waals surface area contributed by atoms with Gasteiger partial charge in [-0.05, 0) is 37.3 Å². The molecule has 0 saturated carbocycles. The summed E-state index contributed by atoms with van der Waals surface area (Å²) in [5, 5.41) is 19.5. The van der Waals surface area contributed by atoms with E-state index in [-0.39, 0.29) is 5.54 Å². The Balaban J connectivity index is 2.10. The molecule has 0 aliphatic carbocycles. The first-order valence-electron chi connectivity index (χ1n) is 10.2. The van der Waals surface area contributed by atoms with Crippen LogP contribution in [0.15, 0.2) is 35.4 Å². The van der Waals surface area contributed by atoms with Crippen LogP contribution in [0, 0.1) is 22.7 Å². The normalized spacial score (nSPS) is 16.2. The molecule has 160 valence electrons. The van der Waals surface area contributed by atoms with Crippen molar-refractivity contribution in [3.05, 3.63) is 52.6 Å². The van der Waals surface area contributed by atoms with Crippen LogP contribution >= 0.6 is 11.8 Å². The lowest BCUT2D eigenvalue weighted by Crippen LogP contribution is -2.48. The Kier molecular flexibility index (Phi) is 6.84. The van der Waals surface area contributed by atoms with Crippen molar-refractivity contribution in [2.75, 3.05) is 18.0 Å². The number of aromatic nitrogens is 1. The number of amides is 1. The molecule has 1 aromatic heterocycles. The van der Waals surface area contributed by atoms with Crippen molar-refractivity contribution >= 4 is 23.5 Å². The summed E-state index contributed by atoms with van der Waals surface area (Å²) in [6.07, 6.45) is 2.05. The first-order valence-corrected chi connectivity index (χ1v) is 11.1. The number of rotatable bonds is 6. The fourth-order valence-electron chi connectivity index (χ4n) is 3.76. The molecule has 1 aromatic carbocycles. The Hall–Kier alpha value is -3.07. The second-order valence-corrected chi connectivity index (χ2v) is 9.09. The summed E-state index contributed by atoms with van der Waals surface area (Å²) >= 11 is 1.16. The molecule has 1 saturated heterocycles. The first kappa shape index (κ1) is 22.6. The van der Waals surface area contributed by atoms with Gasteiger partial charge in [0.1, 0.15) is 28.2 Å². The van der Waals surface area contributed by atoms with Crippen molar-refractivity contribution in [2.45, 2.75) is 48.9 Å². The largest absolute Gasteiger partial charge is 0.368 e. The van der Waals surface area contributed by atoms with Crippen LogP contribution in [0.4, 0.5) is 5.82 Å². The molecular weight excluding hydrogens is 408 g/mol. The van der Waals surface area contributed by atoms with Gasteiger partial charge in [0.15, 0.2) is 0 Å². The van der Waals surface area contributed by atoms with Crippen LogP contribution in [0.5, 0.6) is 0 Å². The number of piperidine rings is 1. The molecule has 31 heavy (non-hydrogen) atoms. The van der Waals surface area contributed by atoms with Gasteiger partial charge in [-0.3, -0.25) is 4.79 Å². The fraction of sp³-hybridized carbons (Fsp3) is 0.391. The van der Waals surface area contributed by atoms with Gasteiger partial charge in [0.2, 0.25) is 5.91 Å². The van der Waals surface area contributed by atoms with E-state index in [1.54, 1.807) is 0 Å². The summed E-state index contributed by atoms with van der Waals surface area (Å²) in [5.74, 6) is 0.0374. The molecule has 3 rings (SSSR count). The van der Waals surface area contributed by atoms with E-state index in [2.05, 4.69) is 17.0 Å². The number of primary amides is 1. The minimum Gasteiger partial charge on any atom is -0.368 e. The van der Waals surface area contributed by atoms with Gasteiger partial charge in [-0.2, -0.15) is 10.5 Å². The maximum Gasteiger partial charge on any atom is 0.235 e. The fourth-order valence-corrected chi connectivity index (χ4v) is 4.82. The SMILES string of the molecule is CCc1c(C#N)c(SC(C(N)=O)c2ccccc2)nc(N2CCC(C)(N)CC2)c1C#N. The second kappa shape index (κ2) is 9.38. The van der Waals surface area contributed by atoms with Crippen LogP contribution in [0.3, 0.4) is 0 Å². The van der Waals surface area contributed by atoms with Gasteiger partial charge in [0.05, 0.1) is 11.1 Å². The minimum absolute atomic E-state index is 0.245. The molecule has 0 radical (unpaired) electrons. The van der Waals surface area contributed by atoms with Crippen LogP contribution in [-0.2, 0) is 11.2 Å². The van der Waals surface area contributed by atoms with E-state index in [9.17, 15) is 15.3 Å². The maximum absolute atomic E-state index is 12.3. The highest BCUT2D eigenvalue weighted by Gasteiger charge is 2.31. The molecule has 0 spiro atoms. The van der Waals surface area contributed by atoms with E-state index < -0.39 is 11.2 Å². The third-order valence-corrected chi connectivity index (χ3v) is 6.88. The molecule has 1 aliphatic rings. The molecule has 8 heteroatoms. The Morgan fingerprint density at radius 1 is 1.23 bits per heavy atom. The van der Waals surface area contributed by atoms with Gasteiger partial charge in [0, 0.05) is 18.6 Å². The number of carbonyl (C=O) groups excluding carboxylic acids is 1. The highest BCUT2D eigenvalue weighted by molar-refractivity contribution is 8.00. The standard InChI is InChI=1S/C23H26N6OS/c1-3-16-17(13-24)21(29-11-9-23(2,27)10-12-29)28-22(18(16)14-25)31-19(20(26)30)15-7-5-4-6-8-15/h4-8,19H,3,9-12,27H2,1-2H3,(H2,26,30). The van der Waals surface area contributed by atoms with Crippen LogP contribution in [-0.4, -0.2) is 29.5 Å². The third-order valence-electron chi connectivity index (χ3n) is 5.62. The molecule has 2 aromatic rings. The number of nitrogens with two attached hydrogens (primary N) is 2. The van der Waals surface area contributed by atoms with E-state index in [4.69, 9.17) is 16.5 Å². The zero-order valence-corrected chi connectivity index (χ0v) is 18.6. The lowest BCUT2D eigenvalue weighted by molar-refractivity contribution is -0.117. The number of nitrogens with zero attached hydrogens (tertiary/aromatic N) is 4. The summed E-state index contributed by atoms with van der Waals surface area (Å²) in [6.45, 7) is 5.28. The monoisotopic (exact) mass is 434 g/mol. The van der Waals surface area contributed by atoms with Crippen molar-refractivity contribution in [1.82, 2.24) is 4.98 Å². The molecule has 1 fully saturated rings. The summed E-state index contributed by atoms with van der Waals surface area (Å²) < 4.78 is 0. The first-order chi connectivity index (χ1) is 14.8. The van der Waals surface area contributed by atoms with E-state index in [0.717, 1.165) is 30.2 Å². The average Bonchev–Trinajstić information content (AvgIpc) is 2.76. The number of hydrogen-bond donors (Lipinski definition) is 2. The van der Waals surface area contributed by atoms with Crippen molar-refractivity contribution in [3.8, 4) is 12.1 Å². The van der Waals surface area contributed by atoms with E-state index >= 15 is 0 Å². The lowest BCUT2D eigenvalue weighted by atomic mass is 9.90. The lowest BCUT2D eigenvalue weighted by Gasteiger charge is -2.38. The Morgan fingerprint density at radius 3 is 2.35 bits per heavy atom. The number of benzene rings is 1. The van der Waals surface area contributed by atoms with Gasteiger partial charge in [-0.25, -0.2) is 4.98 Å². The van der Waals surface area contributed by atoms with Crippen LogP contribution in [0.25, 0.3) is 0 Å². The summed E-state index contributed by atoms with van der Waals surface area (Å²) in [7, 11) is 0. The molecule has 1 atom stereocenters. The smallest absolute Gasteiger partial charge is 0.235 e. The third kappa shape index (κ3) is 4.82. The van der Waals surface area contributed by atoms with E-state index in [0.29, 0.717) is 47.0 Å². The molecule has 1 amide bonds. The van der Waals surface area contributed by atoms with Crippen molar-refractivity contribution in [1.29, 1.82) is 10.5 Å². The zero-order valence-electron chi connectivity index (χ0n) is 17.8. The molecule has 4 N–H and O–H groups in total. The zero-order chi connectivity index (χ0) is 22.6. The number of anilines is 1. The van der Waals surface area contributed by atoms with Crippen molar-refractivity contribution < 1.29 is 4.79 Å². The molecule has 1 unspecified atom stereocenters. The molecule has 7 nitrogen and oxygen atoms in total. The summed E-state index contributed by atoms with van der Waals surface area (Å²) in [6, 6.07) is 13.6. The predicted octanol–water partition coefficient (Wildman–Crippen LogP) is 3.02. The van der Waals surface area contributed by atoms with Gasteiger partial charge >= 0.3 is 0 Å². The van der Waals surface area contributed by atoms with Crippen LogP contribution in [0.2, 0.25) is 0 Å². The van der Waals surface area contributed by atoms with Gasteiger partial charge in [-0.15, -0.1) is 0 Å². The molecular formula is C23H26N6OS. The summed E-state index contributed by atoms with van der Waals surface area (Å²) in [4.78, 5) is 19.0. The van der Waals surface area contributed by atoms with Gasteiger partial charge < -0.3 is 16.4 Å².